The first kappa shape index (κ1) is 25.1. The third-order valence-electron chi connectivity index (χ3n) is 3.55. The van der Waals surface area contributed by atoms with Gasteiger partial charge in [-0.25, -0.2) is 0 Å². The molecule has 0 aromatic heterocycles. The van der Waals surface area contributed by atoms with E-state index < -0.39 is 0 Å². The van der Waals surface area contributed by atoms with E-state index in [-0.39, 0.29) is 24.0 Å². The van der Waals surface area contributed by atoms with Gasteiger partial charge in [0.05, 0.1) is 19.8 Å². The van der Waals surface area contributed by atoms with Crippen LogP contribution in [0.2, 0.25) is 0 Å². The lowest BCUT2D eigenvalue weighted by molar-refractivity contribution is 0.0698. The average Bonchev–Trinajstić information content (AvgIpc) is 2.65. The van der Waals surface area contributed by atoms with Crippen LogP contribution in [-0.4, -0.2) is 66.2 Å². The fourth-order valence-electron chi connectivity index (χ4n) is 2.16. The van der Waals surface area contributed by atoms with Crippen molar-refractivity contribution in [2.45, 2.75) is 19.3 Å². The van der Waals surface area contributed by atoms with Gasteiger partial charge >= 0.3 is 0 Å². The predicted molar refractivity (Wildman–Crippen MR) is 118 cm³/mol. The van der Waals surface area contributed by atoms with Crippen molar-refractivity contribution in [1.82, 2.24) is 10.6 Å². The molecule has 0 radical (unpaired) electrons. The van der Waals surface area contributed by atoms with Gasteiger partial charge in [-0.15, -0.1) is 24.0 Å². The molecule has 2 N–H and O–H groups in total. The molecular weight excluding hydrogens is 445 g/mol. The monoisotopic (exact) mass is 479 g/mol. The molecule has 0 atom stereocenters. The van der Waals surface area contributed by atoms with E-state index in [0.717, 1.165) is 58.1 Å². The number of hydrogen-bond donors (Lipinski definition) is 2. The lowest BCUT2D eigenvalue weighted by Crippen LogP contribution is -2.38. The summed E-state index contributed by atoms with van der Waals surface area (Å²) in [5, 5.41) is 6.56. The van der Waals surface area contributed by atoms with Crippen molar-refractivity contribution in [3.63, 3.8) is 0 Å². The van der Waals surface area contributed by atoms with Crippen LogP contribution in [0.3, 0.4) is 0 Å². The largest absolute Gasteiger partial charge is 0.382 e. The summed E-state index contributed by atoms with van der Waals surface area (Å²) in [6.07, 6.45) is 2.85. The Morgan fingerprint density at radius 2 is 1.50 bits per heavy atom. The molecule has 0 unspecified atom stereocenters. The predicted octanol–water partition coefficient (Wildman–Crippen LogP) is 2.47. The molecule has 1 aromatic carbocycles. The molecule has 0 saturated heterocycles. The molecule has 150 valence electrons. The molecule has 0 amide bonds. The summed E-state index contributed by atoms with van der Waals surface area (Å²) >= 11 is 0. The van der Waals surface area contributed by atoms with Crippen LogP contribution in [-0.2, 0) is 20.6 Å². The summed E-state index contributed by atoms with van der Waals surface area (Å²) in [7, 11) is 3.45. The van der Waals surface area contributed by atoms with E-state index >= 15 is 0 Å². The Morgan fingerprint density at radius 3 is 2.08 bits per heavy atom. The molecule has 0 bridgehead atoms. The van der Waals surface area contributed by atoms with Crippen molar-refractivity contribution in [3.8, 4) is 0 Å². The average molecular weight is 479 g/mol. The Balaban J connectivity index is 0.00000625. The number of benzene rings is 1. The van der Waals surface area contributed by atoms with E-state index in [2.05, 4.69) is 39.9 Å². The lowest BCUT2D eigenvalue weighted by atomic mass is 10.2. The molecular formula is C19H34IN3O3. The summed E-state index contributed by atoms with van der Waals surface area (Å²) in [6.45, 7) is 5.21. The lowest BCUT2D eigenvalue weighted by Gasteiger charge is -2.12. The minimum Gasteiger partial charge on any atom is -0.382 e. The second-order valence-electron chi connectivity index (χ2n) is 5.59. The van der Waals surface area contributed by atoms with Gasteiger partial charge in [-0.2, -0.15) is 0 Å². The molecule has 1 aromatic rings. The summed E-state index contributed by atoms with van der Waals surface area (Å²) < 4.78 is 16.0. The highest BCUT2D eigenvalue weighted by Crippen LogP contribution is 1.99. The maximum atomic E-state index is 5.67. The highest BCUT2D eigenvalue weighted by Gasteiger charge is 1.97. The van der Waals surface area contributed by atoms with Gasteiger partial charge in [0, 0.05) is 40.5 Å². The van der Waals surface area contributed by atoms with Crippen LogP contribution in [0, 0.1) is 0 Å². The molecule has 7 heteroatoms. The van der Waals surface area contributed by atoms with Crippen LogP contribution in [0.4, 0.5) is 0 Å². The number of nitrogens with zero attached hydrogens (tertiary/aromatic N) is 1. The quantitative estimate of drug-likeness (QED) is 0.186. The van der Waals surface area contributed by atoms with Crippen molar-refractivity contribution >= 4 is 29.9 Å². The van der Waals surface area contributed by atoms with Crippen LogP contribution in [0.25, 0.3) is 0 Å². The van der Waals surface area contributed by atoms with Gasteiger partial charge < -0.3 is 24.8 Å². The van der Waals surface area contributed by atoms with Crippen molar-refractivity contribution in [3.05, 3.63) is 35.9 Å². The SMILES string of the molecule is CN=C(NCCCOCCOC)NCCCOCCc1ccccc1.I. The maximum absolute atomic E-state index is 5.67. The Labute approximate surface area is 175 Å². The smallest absolute Gasteiger partial charge is 0.190 e. The number of ether oxygens (including phenoxy) is 3. The minimum absolute atomic E-state index is 0. The zero-order valence-electron chi connectivity index (χ0n) is 16.0. The number of methoxy groups -OCH3 is 1. The molecule has 1 rings (SSSR count). The van der Waals surface area contributed by atoms with Crippen LogP contribution < -0.4 is 10.6 Å². The molecule has 0 spiro atoms. The normalized spacial score (nSPS) is 11.1. The number of guanidine groups is 1. The Hall–Kier alpha value is -0.900. The van der Waals surface area contributed by atoms with Crippen LogP contribution >= 0.6 is 24.0 Å². The number of halogens is 1. The van der Waals surface area contributed by atoms with Crippen molar-refractivity contribution in [2.75, 3.05) is 60.3 Å². The van der Waals surface area contributed by atoms with E-state index in [1.165, 1.54) is 5.56 Å². The van der Waals surface area contributed by atoms with Gasteiger partial charge in [-0.1, -0.05) is 30.3 Å². The van der Waals surface area contributed by atoms with Crippen LogP contribution in [0.5, 0.6) is 0 Å². The first-order valence-electron chi connectivity index (χ1n) is 8.99. The van der Waals surface area contributed by atoms with Crippen molar-refractivity contribution in [1.29, 1.82) is 0 Å². The van der Waals surface area contributed by atoms with Gasteiger partial charge in [0.25, 0.3) is 0 Å². The van der Waals surface area contributed by atoms with Gasteiger partial charge in [0.1, 0.15) is 0 Å². The van der Waals surface area contributed by atoms with Crippen LogP contribution in [0.1, 0.15) is 18.4 Å². The van der Waals surface area contributed by atoms with Crippen molar-refractivity contribution in [2.24, 2.45) is 4.99 Å². The van der Waals surface area contributed by atoms with E-state index in [0.29, 0.717) is 13.2 Å². The highest BCUT2D eigenvalue weighted by atomic mass is 127. The maximum Gasteiger partial charge on any atom is 0.190 e. The summed E-state index contributed by atoms with van der Waals surface area (Å²) in [4.78, 5) is 4.20. The second-order valence-corrected chi connectivity index (χ2v) is 5.59. The van der Waals surface area contributed by atoms with E-state index in [4.69, 9.17) is 14.2 Å². The molecule has 0 aliphatic rings. The molecule has 0 heterocycles. The molecule has 0 aliphatic carbocycles. The summed E-state index contributed by atoms with van der Waals surface area (Å²) in [5.74, 6) is 0.821. The summed E-state index contributed by atoms with van der Waals surface area (Å²) in [6, 6.07) is 10.4. The first-order valence-corrected chi connectivity index (χ1v) is 8.99. The first-order chi connectivity index (χ1) is 12.4. The van der Waals surface area contributed by atoms with Gasteiger partial charge in [-0.05, 0) is 24.8 Å². The number of rotatable bonds is 14. The molecule has 0 aliphatic heterocycles. The number of aliphatic imine (C=N–C) groups is 1. The third kappa shape index (κ3) is 14.3. The molecule has 0 fully saturated rings. The zero-order valence-corrected chi connectivity index (χ0v) is 18.4. The minimum atomic E-state index is 0. The Kier molecular flexibility index (Phi) is 18.2. The van der Waals surface area contributed by atoms with Gasteiger partial charge in [-0.3, -0.25) is 4.99 Å². The van der Waals surface area contributed by atoms with E-state index in [9.17, 15) is 0 Å². The van der Waals surface area contributed by atoms with Crippen molar-refractivity contribution < 1.29 is 14.2 Å². The zero-order chi connectivity index (χ0) is 18.0. The summed E-state index contributed by atoms with van der Waals surface area (Å²) in [5.41, 5.74) is 1.32. The fraction of sp³-hybridized carbons (Fsp3) is 0.632. The van der Waals surface area contributed by atoms with Gasteiger partial charge in [0.2, 0.25) is 0 Å². The molecule has 26 heavy (non-hydrogen) atoms. The highest BCUT2D eigenvalue weighted by molar-refractivity contribution is 14.0. The van der Waals surface area contributed by atoms with E-state index in [1.54, 1.807) is 14.2 Å². The standard InChI is InChI=1S/C19H33N3O3.HI/c1-20-19(22-12-7-14-25-17-16-23-2)21-11-6-13-24-15-10-18-8-4-3-5-9-18;/h3-5,8-9H,6-7,10-17H2,1-2H3,(H2,20,21,22);1H. The van der Waals surface area contributed by atoms with E-state index in [1.807, 2.05) is 6.07 Å². The second kappa shape index (κ2) is 18.9. The van der Waals surface area contributed by atoms with Crippen LogP contribution in [0.15, 0.2) is 35.3 Å². The molecule has 6 nitrogen and oxygen atoms in total. The number of nitrogens with one attached hydrogen (secondary N) is 2. The van der Waals surface area contributed by atoms with Gasteiger partial charge in [0.15, 0.2) is 5.96 Å². The fourth-order valence-corrected chi connectivity index (χ4v) is 2.16. The topological polar surface area (TPSA) is 64.1 Å². The Morgan fingerprint density at radius 1 is 0.885 bits per heavy atom. The Bertz CT molecular complexity index is 447. The number of hydrogen-bond acceptors (Lipinski definition) is 4. The third-order valence-corrected chi connectivity index (χ3v) is 3.55. The molecule has 0 saturated carbocycles.